The first-order valence-corrected chi connectivity index (χ1v) is 5.14. The summed E-state index contributed by atoms with van der Waals surface area (Å²) in [5.41, 5.74) is 1.42. The van der Waals surface area contributed by atoms with E-state index in [-0.39, 0.29) is 5.91 Å². The summed E-state index contributed by atoms with van der Waals surface area (Å²) in [6.45, 7) is 1.79. The summed E-state index contributed by atoms with van der Waals surface area (Å²) < 4.78 is 10.2. The van der Waals surface area contributed by atoms with Crippen LogP contribution in [0.1, 0.15) is 12.6 Å². The van der Waals surface area contributed by atoms with Gasteiger partial charge in [0.2, 0.25) is 5.91 Å². The largest absolute Gasteiger partial charge is 0.487 e. The van der Waals surface area contributed by atoms with E-state index >= 15 is 0 Å². The van der Waals surface area contributed by atoms with Crippen molar-refractivity contribution in [1.82, 2.24) is 5.16 Å². The molecule has 0 spiro atoms. The Balaban J connectivity index is 1.98. The van der Waals surface area contributed by atoms with Crippen molar-refractivity contribution in [2.24, 2.45) is 0 Å². The van der Waals surface area contributed by atoms with Gasteiger partial charge in [0.1, 0.15) is 24.3 Å². The van der Waals surface area contributed by atoms with Crippen LogP contribution in [0.25, 0.3) is 0 Å². The van der Waals surface area contributed by atoms with Crippen LogP contribution in [0.2, 0.25) is 0 Å². The maximum Gasteiger partial charge on any atom is 0.221 e. The summed E-state index contributed by atoms with van der Waals surface area (Å²) in [5, 5.41) is 6.42. The molecule has 1 N–H and O–H groups in total. The normalized spacial score (nSPS) is 9.94. The maximum atomic E-state index is 10.9. The molecule has 0 aliphatic carbocycles. The zero-order chi connectivity index (χ0) is 12.1. The molecule has 1 aromatic heterocycles. The number of amides is 1. The average molecular weight is 232 g/mol. The number of nitrogens with zero attached hydrogens (tertiary/aromatic N) is 1. The van der Waals surface area contributed by atoms with Crippen LogP contribution in [0, 0.1) is 0 Å². The Bertz CT molecular complexity index is 494. The molecule has 88 valence electrons. The molecule has 0 atom stereocenters. The highest BCUT2D eigenvalue weighted by atomic mass is 16.5. The molecule has 1 heterocycles. The van der Waals surface area contributed by atoms with Gasteiger partial charge in [0.15, 0.2) is 0 Å². The van der Waals surface area contributed by atoms with Crippen molar-refractivity contribution in [2.75, 3.05) is 5.32 Å². The molecule has 2 aromatic rings. The van der Waals surface area contributed by atoms with E-state index in [0.717, 1.165) is 5.69 Å². The fraction of sp³-hybridized carbons (Fsp3) is 0.167. The lowest BCUT2D eigenvalue weighted by molar-refractivity contribution is -0.114. The van der Waals surface area contributed by atoms with Gasteiger partial charge in [0.25, 0.3) is 0 Å². The van der Waals surface area contributed by atoms with Crippen molar-refractivity contribution in [3.63, 3.8) is 0 Å². The molecular weight excluding hydrogens is 220 g/mol. The Kier molecular flexibility index (Phi) is 3.40. The van der Waals surface area contributed by atoms with Gasteiger partial charge >= 0.3 is 0 Å². The molecule has 0 unspecified atom stereocenters. The number of nitrogens with one attached hydrogen (secondary N) is 1. The smallest absolute Gasteiger partial charge is 0.221 e. The molecule has 0 saturated carbocycles. The van der Waals surface area contributed by atoms with E-state index in [9.17, 15) is 4.79 Å². The summed E-state index contributed by atoms with van der Waals surface area (Å²) in [5.74, 6) is 0.554. The topological polar surface area (TPSA) is 64.4 Å². The van der Waals surface area contributed by atoms with Crippen LogP contribution in [0.5, 0.6) is 5.75 Å². The monoisotopic (exact) mass is 232 g/mol. The van der Waals surface area contributed by atoms with E-state index in [1.165, 1.54) is 13.2 Å². The molecule has 0 radical (unpaired) electrons. The van der Waals surface area contributed by atoms with Gasteiger partial charge < -0.3 is 14.6 Å². The fourth-order valence-electron chi connectivity index (χ4n) is 1.34. The highest BCUT2D eigenvalue weighted by Gasteiger charge is 2.01. The molecular formula is C12H12N2O3. The predicted octanol–water partition coefficient (Wildman–Crippen LogP) is 2.21. The molecule has 0 saturated heterocycles. The first-order chi connectivity index (χ1) is 8.24. The first-order valence-electron chi connectivity index (χ1n) is 5.14. The second-order valence-corrected chi connectivity index (χ2v) is 3.49. The number of benzene rings is 1. The summed E-state index contributed by atoms with van der Waals surface area (Å²) in [4.78, 5) is 10.9. The van der Waals surface area contributed by atoms with Crippen molar-refractivity contribution >= 4 is 11.6 Å². The van der Waals surface area contributed by atoms with Gasteiger partial charge in [-0.15, -0.1) is 0 Å². The van der Waals surface area contributed by atoms with Crippen LogP contribution in [-0.4, -0.2) is 11.1 Å². The SMILES string of the molecule is CC(=O)Nc1cccc(OCc2ccon2)c1. The first kappa shape index (κ1) is 11.2. The van der Waals surface area contributed by atoms with Crippen LogP contribution in [0.4, 0.5) is 5.69 Å². The molecule has 0 aliphatic heterocycles. The Morgan fingerprint density at radius 1 is 1.47 bits per heavy atom. The minimum atomic E-state index is -0.112. The number of carbonyl (C=O) groups is 1. The van der Waals surface area contributed by atoms with E-state index in [1.807, 2.05) is 12.1 Å². The third-order valence-corrected chi connectivity index (χ3v) is 2.03. The predicted molar refractivity (Wildman–Crippen MR) is 61.6 cm³/mol. The average Bonchev–Trinajstić information content (AvgIpc) is 2.79. The fourth-order valence-corrected chi connectivity index (χ4v) is 1.34. The molecule has 5 nitrogen and oxygen atoms in total. The highest BCUT2D eigenvalue weighted by molar-refractivity contribution is 5.88. The van der Waals surface area contributed by atoms with Gasteiger partial charge in [0, 0.05) is 24.7 Å². The number of anilines is 1. The lowest BCUT2D eigenvalue weighted by Gasteiger charge is -2.06. The summed E-state index contributed by atoms with van der Waals surface area (Å²) in [6.07, 6.45) is 1.49. The standard InChI is InChI=1S/C12H12N2O3/c1-9(15)13-10-3-2-4-12(7-10)16-8-11-5-6-17-14-11/h2-7H,8H2,1H3,(H,13,15). The minimum absolute atomic E-state index is 0.112. The number of hydrogen-bond donors (Lipinski definition) is 1. The quantitative estimate of drug-likeness (QED) is 0.877. The van der Waals surface area contributed by atoms with E-state index in [4.69, 9.17) is 9.26 Å². The maximum absolute atomic E-state index is 10.9. The van der Waals surface area contributed by atoms with Gasteiger partial charge in [-0.1, -0.05) is 11.2 Å². The van der Waals surface area contributed by atoms with Gasteiger partial charge in [-0.2, -0.15) is 0 Å². The van der Waals surface area contributed by atoms with Crippen molar-refractivity contribution in [3.8, 4) is 5.75 Å². The van der Waals surface area contributed by atoms with Gasteiger partial charge in [-0.25, -0.2) is 0 Å². The molecule has 0 fully saturated rings. The molecule has 5 heteroatoms. The number of aromatic nitrogens is 1. The second-order valence-electron chi connectivity index (χ2n) is 3.49. The Labute approximate surface area is 98.4 Å². The van der Waals surface area contributed by atoms with Gasteiger partial charge in [-0.3, -0.25) is 4.79 Å². The van der Waals surface area contributed by atoms with Crippen LogP contribution in [0.3, 0.4) is 0 Å². The Morgan fingerprint density at radius 3 is 3.06 bits per heavy atom. The number of rotatable bonds is 4. The van der Waals surface area contributed by atoms with E-state index < -0.39 is 0 Å². The van der Waals surface area contributed by atoms with Crippen molar-refractivity contribution in [2.45, 2.75) is 13.5 Å². The highest BCUT2D eigenvalue weighted by Crippen LogP contribution is 2.18. The van der Waals surface area contributed by atoms with Crippen LogP contribution in [-0.2, 0) is 11.4 Å². The van der Waals surface area contributed by atoms with E-state index in [2.05, 4.69) is 10.5 Å². The minimum Gasteiger partial charge on any atom is -0.487 e. The number of carbonyl (C=O) groups excluding carboxylic acids is 1. The molecule has 0 bridgehead atoms. The third-order valence-electron chi connectivity index (χ3n) is 2.03. The third kappa shape index (κ3) is 3.34. The van der Waals surface area contributed by atoms with E-state index in [1.54, 1.807) is 18.2 Å². The second kappa shape index (κ2) is 5.16. The zero-order valence-corrected chi connectivity index (χ0v) is 9.34. The summed E-state index contributed by atoms with van der Waals surface area (Å²) >= 11 is 0. The van der Waals surface area contributed by atoms with Crippen molar-refractivity contribution < 1.29 is 14.1 Å². The van der Waals surface area contributed by atoms with Crippen molar-refractivity contribution in [1.29, 1.82) is 0 Å². The zero-order valence-electron chi connectivity index (χ0n) is 9.34. The lowest BCUT2D eigenvalue weighted by atomic mass is 10.3. The van der Waals surface area contributed by atoms with Crippen LogP contribution < -0.4 is 10.1 Å². The molecule has 0 aliphatic rings. The lowest BCUT2D eigenvalue weighted by Crippen LogP contribution is -2.05. The number of hydrogen-bond acceptors (Lipinski definition) is 4. The van der Waals surface area contributed by atoms with Crippen LogP contribution >= 0.6 is 0 Å². The van der Waals surface area contributed by atoms with Gasteiger partial charge in [-0.05, 0) is 12.1 Å². The summed E-state index contributed by atoms with van der Waals surface area (Å²) in [7, 11) is 0. The van der Waals surface area contributed by atoms with E-state index in [0.29, 0.717) is 18.0 Å². The summed E-state index contributed by atoms with van der Waals surface area (Å²) in [6, 6.07) is 8.90. The Hall–Kier alpha value is -2.30. The molecule has 2 rings (SSSR count). The molecule has 17 heavy (non-hydrogen) atoms. The molecule has 1 aromatic carbocycles. The Morgan fingerprint density at radius 2 is 2.35 bits per heavy atom. The number of ether oxygens (including phenoxy) is 1. The molecule has 1 amide bonds. The van der Waals surface area contributed by atoms with Gasteiger partial charge in [0.05, 0.1) is 0 Å². The van der Waals surface area contributed by atoms with Crippen LogP contribution in [0.15, 0.2) is 41.1 Å². The van der Waals surface area contributed by atoms with Crippen molar-refractivity contribution in [3.05, 3.63) is 42.3 Å².